The molecule has 1 N–H and O–H groups in total. The molecule has 2 aromatic rings. The van der Waals surface area contributed by atoms with Crippen LogP contribution in [-0.4, -0.2) is 11.1 Å². The normalized spacial score (nSPS) is 9.41. The second kappa shape index (κ2) is 7.67. The molecule has 0 fully saturated rings. The predicted molar refractivity (Wildman–Crippen MR) is 85.1 cm³/mol. The summed E-state index contributed by atoms with van der Waals surface area (Å²) in [6.45, 7) is 7.25. The Kier molecular flexibility index (Phi) is 5.35. The van der Waals surface area contributed by atoms with Gasteiger partial charge in [0.1, 0.15) is 0 Å². The third-order valence-electron chi connectivity index (χ3n) is 3.12. The summed E-state index contributed by atoms with van der Waals surface area (Å²) in [6.07, 6.45) is 0.667. The molecule has 2 rings (SSSR count). The Morgan fingerprint density at radius 1 is 1.05 bits per heavy atom. The number of benzene rings is 2. The van der Waals surface area contributed by atoms with Crippen LogP contribution in [0.4, 0.5) is 0 Å². The van der Waals surface area contributed by atoms with Gasteiger partial charge in [-0.25, -0.2) is 6.57 Å². The van der Waals surface area contributed by atoms with Gasteiger partial charge in [0.2, 0.25) is 6.54 Å². The van der Waals surface area contributed by atoms with Crippen molar-refractivity contribution in [3.05, 3.63) is 82.2 Å². The minimum Gasteiger partial charge on any atom is -0.481 e. The quantitative estimate of drug-likeness (QED) is 0.691. The zero-order valence-corrected chi connectivity index (χ0v) is 12.0. The van der Waals surface area contributed by atoms with Gasteiger partial charge < -0.3 is 9.95 Å². The minimum absolute atomic E-state index is 0.138. The van der Waals surface area contributed by atoms with E-state index in [0.29, 0.717) is 13.0 Å². The average molecular weight is 289 g/mol. The number of carbonyl (C=O) groups is 1. The van der Waals surface area contributed by atoms with Crippen LogP contribution < -0.4 is 0 Å². The second-order valence-corrected chi connectivity index (χ2v) is 4.86. The SMILES string of the molecule is [C-]#[N+]Cc1cccc(C#Cc2ccc(CCC(=O)O)cc2)c1. The number of rotatable bonds is 4. The molecule has 0 unspecified atom stereocenters. The van der Waals surface area contributed by atoms with Crippen LogP contribution in [0.2, 0.25) is 0 Å². The summed E-state index contributed by atoms with van der Waals surface area (Å²) in [5, 5.41) is 8.66. The van der Waals surface area contributed by atoms with Crippen molar-refractivity contribution in [2.45, 2.75) is 19.4 Å². The zero-order valence-electron chi connectivity index (χ0n) is 12.0. The van der Waals surface area contributed by atoms with Gasteiger partial charge >= 0.3 is 5.97 Å². The Hall–Kier alpha value is -3.04. The topological polar surface area (TPSA) is 41.7 Å². The first kappa shape index (κ1) is 15.4. The summed E-state index contributed by atoms with van der Waals surface area (Å²) >= 11 is 0. The number of carboxylic acid groups (broad SMARTS) is 1. The fraction of sp³-hybridized carbons (Fsp3) is 0.158. The van der Waals surface area contributed by atoms with E-state index in [2.05, 4.69) is 16.7 Å². The fourth-order valence-electron chi connectivity index (χ4n) is 1.99. The molecule has 0 aliphatic rings. The van der Waals surface area contributed by atoms with Gasteiger partial charge in [-0.2, -0.15) is 0 Å². The van der Waals surface area contributed by atoms with Crippen LogP contribution in [0, 0.1) is 18.4 Å². The molecule has 2 aromatic carbocycles. The summed E-state index contributed by atoms with van der Waals surface area (Å²) in [7, 11) is 0. The van der Waals surface area contributed by atoms with E-state index in [-0.39, 0.29) is 6.42 Å². The number of hydrogen-bond donors (Lipinski definition) is 1. The second-order valence-electron chi connectivity index (χ2n) is 4.86. The minimum atomic E-state index is -0.789. The van der Waals surface area contributed by atoms with Gasteiger partial charge in [-0.1, -0.05) is 36.1 Å². The third-order valence-corrected chi connectivity index (χ3v) is 3.12. The van der Waals surface area contributed by atoms with E-state index in [4.69, 9.17) is 11.7 Å². The first-order valence-electron chi connectivity index (χ1n) is 6.92. The molecule has 3 heteroatoms. The zero-order chi connectivity index (χ0) is 15.8. The van der Waals surface area contributed by atoms with Crippen molar-refractivity contribution in [2.24, 2.45) is 0 Å². The van der Waals surface area contributed by atoms with Crippen molar-refractivity contribution in [3.63, 3.8) is 0 Å². The largest absolute Gasteiger partial charge is 0.481 e. The van der Waals surface area contributed by atoms with Crippen molar-refractivity contribution in [1.29, 1.82) is 0 Å². The van der Waals surface area contributed by atoms with Crippen molar-refractivity contribution < 1.29 is 9.90 Å². The van der Waals surface area contributed by atoms with Gasteiger partial charge in [0, 0.05) is 23.1 Å². The molecule has 3 nitrogen and oxygen atoms in total. The molecule has 0 bridgehead atoms. The van der Waals surface area contributed by atoms with E-state index in [1.54, 1.807) is 0 Å². The first-order chi connectivity index (χ1) is 10.7. The van der Waals surface area contributed by atoms with Gasteiger partial charge in [0.25, 0.3) is 0 Å². The molecular formula is C19H15NO2. The highest BCUT2D eigenvalue weighted by molar-refractivity contribution is 5.67. The van der Waals surface area contributed by atoms with Crippen LogP contribution in [0.25, 0.3) is 4.85 Å². The molecule has 0 aliphatic carbocycles. The maximum Gasteiger partial charge on any atom is 0.303 e. The molecule has 22 heavy (non-hydrogen) atoms. The number of carboxylic acids is 1. The molecule has 108 valence electrons. The first-order valence-corrected chi connectivity index (χ1v) is 6.92. The summed E-state index contributed by atoms with van der Waals surface area (Å²) in [6, 6.07) is 15.3. The van der Waals surface area contributed by atoms with E-state index in [0.717, 1.165) is 22.3 Å². The Labute approximate surface area is 130 Å². The lowest BCUT2D eigenvalue weighted by Gasteiger charge is -1.98. The summed E-state index contributed by atoms with van der Waals surface area (Å²) in [4.78, 5) is 13.9. The molecule has 0 atom stereocenters. The number of nitrogens with zero attached hydrogens (tertiary/aromatic N) is 1. The summed E-state index contributed by atoms with van der Waals surface area (Å²) in [5.74, 6) is 5.37. The Balaban J connectivity index is 2.07. The van der Waals surface area contributed by atoms with E-state index in [9.17, 15) is 4.79 Å². The molecule has 0 amide bonds. The van der Waals surface area contributed by atoms with Crippen molar-refractivity contribution >= 4 is 5.97 Å². The Morgan fingerprint density at radius 2 is 1.77 bits per heavy atom. The molecule has 0 aliphatic heterocycles. The monoisotopic (exact) mass is 289 g/mol. The molecule has 0 spiro atoms. The maximum absolute atomic E-state index is 10.5. The molecule has 0 saturated carbocycles. The van der Waals surface area contributed by atoms with E-state index in [1.807, 2.05) is 48.5 Å². The molecule has 0 heterocycles. The van der Waals surface area contributed by atoms with Gasteiger partial charge in [0.15, 0.2) is 0 Å². The predicted octanol–water partition coefficient (Wildman–Crippen LogP) is 3.52. The van der Waals surface area contributed by atoms with E-state index in [1.165, 1.54) is 0 Å². The van der Waals surface area contributed by atoms with Crippen molar-refractivity contribution in [2.75, 3.05) is 0 Å². The van der Waals surface area contributed by atoms with E-state index < -0.39 is 5.97 Å². The van der Waals surface area contributed by atoms with Crippen LogP contribution in [0.5, 0.6) is 0 Å². The maximum atomic E-state index is 10.5. The lowest BCUT2D eigenvalue weighted by Crippen LogP contribution is -1.97. The molecule has 0 radical (unpaired) electrons. The van der Waals surface area contributed by atoms with Crippen molar-refractivity contribution in [3.8, 4) is 11.8 Å². The highest BCUT2D eigenvalue weighted by Gasteiger charge is 1.99. The molecular weight excluding hydrogens is 274 g/mol. The van der Waals surface area contributed by atoms with Gasteiger partial charge in [-0.3, -0.25) is 4.79 Å². The average Bonchev–Trinajstić information content (AvgIpc) is 2.53. The van der Waals surface area contributed by atoms with E-state index >= 15 is 0 Å². The number of hydrogen-bond acceptors (Lipinski definition) is 1. The third kappa shape index (κ3) is 4.81. The van der Waals surface area contributed by atoms with Crippen LogP contribution in [0.3, 0.4) is 0 Å². The van der Waals surface area contributed by atoms with Crippen LogP contribution >= 0.6 is 0 Å². The van der Waals surface area contributed by atoms with Crippen LogP contribution in [0.15, 0.2) is 48.5 Å². The van der Waals surface area contributed by atoms with Crippen LogP contribution in [-0.2, 0) is 17.8 Å². The molecule has 0 aromatic heterocycles. The van der Waals surface area contributed by atoms with Gasteiger partial charge in [-0.15, -0.1) is 0 Å². The fourth-order valence-corrected chi connectivity index (χ4v) is 1.99. The lowest BCUT2D eigenvalue weighted by molar-refractivity contribution is -0.136. The number of aliphatic carboxylic acids is 1. The Morgan fingerprint density at radius 3 is 2.45 bits per heavy atom. The van der Waals surface area contributed by atoms with Crippen LogP contribution in [0.1, 0.15) is 28.7 Å². The Bertz CT molecular complexity index is 759. The van der Waals surface area contributed by atoms with Gasteiger partial charge in [-0.05, 0) is 36.2 Å². The molecule has 0 saturated heterocycles. The lowest BCUT2D eigenvalue weighted by atomic mass is 10.1. The standard InChI is InChI=1S/C19H15NO2/c1-20-14-18-4-2-3-17(13-18)10-9-15-5-7-16(8-6-15)11-12-19(21)22/h2-8,13H,11-12,14H2,(H,21,22). The highest BCUT2D eigenvalue weighted by Crippen LogP contribution is 2.08. The highest BCUT2D eigenvalue weighted by atomic mass is 16.4. The summed E-state index contributed by atoms with van der Waals surface area (Å²) < 4.78 is 0. The van der Waals surface area contributed by atoms with Crippen molar-refractivity contribution in [1.82, 2.24) is 0 Å². The number of aryl methyl sites for hydroxylation is 1. The van der Waals surface area contributed by atoms with Gasteiger partial charge in [0.05, 0.1) is 0 Å². The smallest absolute Gasteiger partial charge is 0.303 e. The summed E-state index contributed by atoms with van der Waals surface area (Å²) in [5.41, 5.74) is 3.73.